The van der Waals surface area contributed by atoms with E-state index in [0.717, 1.165) is 27.9 Å². The van der Waals surface area contributed by atoms with Crippen LogP contribution in [-0.2, 0) is 11.4 Å². The highest BCUT2D eigenvalue weighted by atomic mass is 16.5. The average molecular weight is 510 g/mol. The second-order valence-electron chi connectivity index (χ2n) is 9.40. The van der Waals surface area contributed by atoms with Crippen LogP contribution in [0.1, 0.15) is 11.1 Å². The van der Waals surface area contributed by atoms with Crippen LogP contribution in [0.4, 0.5) is 17.2 Å². The van der Waals surface area contributed by atoms with Crippen LogP contribution >= 0.6 is 0 Å². The van der Waals surface area contributed by atoms with Crippen molar-refractivity contribution in [2.75, 3.05) is 44.0 Å². The number of hydrogen-bond acceptors (Lipinski definition) is 7. The van der Waals surface area contributed by atoms with E-state index in [1.54, 1.807) is 11.0 Å². The Morgan fingerprint density at radius 2 is 1.92 bits per heavy atom. The van der Waals surface area contributed by atoms with Crippen molar-refractivity contribution in [3.63, 3.8) is 0 Å². The van der Waals surface area contributed by atoms with Gasteiger partial charge in [0.25, 0.3) is 5.91 Å². The maximum absolute atomic E-state index is 13.0. The number of benzene rings is 3. The molecule has 3 aromatic carbocycles. The Kier molecular flexibility index (Phi) is 7.51. The highest BCUT2D eigenvalue weighted by Gasteiger charge is 2.26. The number of anilines is 3. The van der Waals surface area contributed by atoms with Gasteiger partial charge in [0.15, 0.2) is 5.75 Å². The molecule has 0 saturated heterocycles. The Morgan fingerprint density at radius 3 is 2.71 bits per heavy atom. The highest BCUT2D eigenvalue weighted by Crippen LogP contribution is 2.41. The van der Waals surface area contributed by atoms with Gasteiger partial charge in [-0.3, -0.25) is 4.79 Å². The lowest BCUT2D eigenvalue weighted by atomic mass is 10.1. The van der Waals surface area contributed by atoms with Gasteiger partial charge in [0.05, 0.1) is 23.1 Å². The van der Waals surface area contributed by atoms with Crippen molar-refractivity contribution in [2.45, 2.75) is 13.5 Å². The number of rotatable bonds is 8. The predicted octanol–water partition coefficient (Wildman–Crippen LogP) is 5.10. The molecule has 8 nitrogen and oxygen atoms in total. The topological polar surface area (TPSA) is 79.8 Å². The lowest BCUT2D eigenvalue weighted by Crippen LogP contribution is -2.37. The fraction of sp³-hybridized carbons (Fsp3) is 0.233. The van der Waals surface area contributed by atoms with Gasteiger partial charge < -0.3 is 24.6 Å². The van der Waals surface area contributed by atoms with Crippen LogP contribution in [0.15, 0.2) is 79.1 Å². The van der Waals surface area contributed by atoms with E-state index in [1.807, 2.05) is 73.6 Å². The number of amides is 1. The van der Waals surface area contributed by atoms with Crippen molar-refractivity contribution < 1.29 is 14.3 Å². The first-order valence-corrected chi connectivity index (χ1v) is 12.6. The molecule has 4 aromatic rings. The van der Waals surface area contributed by atoms with Gasteiger partial charge in [-0.15, -0.1) is 0 Å². The van der Waals surface area contributed by atoms with E-state index < -0.39 is 0 Å². The van der Waals surface area contributed by atoms with Crippen molar-refractivity contribution in [3.8, 4) is 11.5 Å². The van der Waals surface area contributed by atoms with Gasteiger partial charge >= 0.3 is 0 Å². The molecule has 0 bridgehead atoms. The molecular formula is C30H31N5O3. The quantitative estimate of drug-likeness (QED) is 0.331. The third-order valence-electron chi connectivity index (χ3n) is 6.36. The summed E-state index contributed by atoms with van der Waals surface area (Å²) in [6.07, 6.45) is 5.00. The average Bonchev–Trinajstić information content (AvgIpc) is 2.92. The summed E-state index contributed by atoms with van der Waals surface area (Å²) < 4.78 is 12.1. The van der Waals surface area contributed by atoms with E-state index in [1.165, 1.54) is 11.9 Å². The molecule has 194 valence electrons. The van der Waals surface area contributed by atoms with Crippen LogP contribution in [0, 0.1) is 6.92 Å². The summed E-state index contributed by atoms with van der Waals surface area (Å²) in [5, 5.41) is 4.12. The second kappa shape index (κ2) is 11.3. The van der Waals surface area contributed by atoms with Crippen molar-refractivity contribution in [1.82, 2.24) is 14.9 Å². The maximum Gasteiger partial charge on any atom is 0.250 e. The largest absolute Gasteiger partial charge is 0.489 e. The maximum atomic E-state index is 13.0. The van der Waals surface area contributed by atoms with Crippen molar-refractivity contribution in [3.05, 3.63) is 90.3 Å². The molecule has 1 aliphatic heterocycles. The first kappa shape index (κ1) is 25.2. The number of nitrogens with zero attached hydrogens (tertiary/aromatic N) is 4. The summed E-state index contributed by atoms with van der Waals surface area (Å²) >= 11 is 0. The molecule has 0 fully saturated rings. The second-order valence-corrected chi connectivity index (χ2v) is 9.40. The van der Waals surface area contributed by atoms with E-state index in [-0.39, 0.29) is 5.91 Å². The third-order valence-corrected chi connectivity index (χ3v) is 6.36. The number of nitrogens with one attached hydrogen (secondary N) is 1. The summed E-state index contributed by atoms with van der Waals surface area (Å²) in [7, 11) is 3.93. The van der Waals surface area contributed by atoms with E-state index in [0.29, 0.717) is 43.6 Å². The summed E-state index contributed by atoms with van der Waals surface area (Å²) in [5.74, 6) is 1.91. The van der Waals surface area contributed by atoms with Crippen molar-refractivity contribution in [2.24, 2.45) is 0 Å². The fourth-order valence-electron chi connectivity index (χ4n) is 4.31. The lowest BCUT2D eigenvalue weighted by molar-refractivity contribution is -0.114. The monoisotopic (exact) mass is 509 g/mol. The number of aryl methyl sites for hydroxylation is 1. The lowest BCUT2D eigenvalue weighted by Gasteiger charge is -2.30. The van der Waals surface area contributed by atoms with E-state index in [4.69, 9.17) is 9.47 Å². The zero-order valence-corrected chi connectivity index (χ0v) is 21.8. The Morgan fingerprint density at radius 1 is 1.11 bits per heavy atom. The van der Waals surface area contributed by atoms with Crippen LogP contribution in [0.25, 0.3) is 10.9 Å². The normalized spacial score (nSPS) is 13.0. The minimum absolute atomic E-state index is 0.0802. The van der Waals surface area contributed by atoms with Gasteiger partial charge in [-0.2, -0.15) is 0 Å². The first-order valence-electron chi connectivity index (χ1n) is 12.6. The standard InChI is InChI=1S/C30H31N5O3/c1-21-7-4-5-8-22(21)19-38-24-12-10-23(11-13-24)33-30-28-25(31-20-32-30)14-15-26-29(28)37-18-17-35(26)27(36)9-6-16-34(2)3/h4-15,20H,16-19H2,1-3H3,(H,31,32,33)/b9-6+. The van der Waals surface area contributed by atoms with Crippen LogP contribution in [0.3, 0.4) is 0 Å². The molecule has 38 heavy (non-hydrogen) atoms. The number of fused-ring (bicyclic) bond motifs is 3. The Bertz CT molecular complexity index is 1470. The van der Waals surface area contributed by atoms with Gasteiger partial charge in [0.2, 0.25) is 0 Å². The first-order chi connectivity index (χ1) is 18.5. The van der Waals surface area contributed by atoms with Gasteiger partial charge in [0.1, 0.15) is 31.1 Å². The van der Waals surface area contributed by atoms with Gasteiger partial charge in [-0.05, 0) is 68.5 Å². The van der Waals surface area contributed by atoms with E-state index >= 15 is 0 Å². The SMILES string of the molecule is Cc1ccccc1COc1ccc(Nc2ncnc3ccc4c(c23)OCCN4C(=O)/C=C/CN(C)C)cc1. The molecule has 5 rings (SSSR count). The molecular weight excluding hydrogens is 478 g/mol. The zero-order valence-electron chi connectivity index (χ0n) is 21.8. The molecule has 1 amide bonds. The molecule has 0 saturated carbocycles. The Labute approximate surface area is 222 Å². The van der Waals surface area contributed by atoms with Crippen LogP contribution < -0.4 is 19.7 Å². The number of likely N-dealkylation sites (N-methyl/N-ethyl adjacent to an activating group) is 1. The van der Waals surface area contributed by atoms with Crippen molar-refractivity contribution >= 4 is 34.0 Å². The fourth-order valence-corrected chi connectivity index (χ4v) is 4.31. The molecule has 0 atom stereocenters. The molecule has 0 spiro atoms. The molecule has 2 heterocycles. The van der Waals surface area contributed by atoms with E-state index in [9.17, 15) is 4.79 Å². The molecule has 0 radical (unpaired) electrons. The number of aromatic nitrogens is 2. The molecule has 0 unspecified atom stereocenters. The molecule has 1 N–H and O–H groups in total. The third kappa shape index (κ3) is 5.60. The van der Waals surface area contributed by atoms with Crippen LogP contribution in [0.2, 0.25) is 0 Å². The summed E-state index contributed by atoms with van der Waals surface area (Å²) in [6, 6.07) is 19.7. The zero-order chi connectivity index (χ0) is 26.5. The van der Waals surface area contributed by atoms with Crippen LogP contribution in [-0.4, -0.2) is 54.6 Å². The van der Waals surface area contributed by atoms with Gasteiger partial charge in [-0.25, -0.2) is 9.97 Å². The van der Waals surface area contributed by atoms with Gasteiger partial charge in [0, 0.05) is 18.3 Å². The Hall–Kier alpha value is -4.43. The smallest absolute Gasteiger partial charge is 0.250 e. The number of carbonyl (C=O) groups is 1. The summed E-state index contributed by atoms with van der Waals surface area (Å²) in [4.78, 5) is 25.6. The number of ether oxygens (including phenoxy) is 2. The number of carbonyl (C=O) groups excluding carboxylic acids is 1. The van der Waals surface area contributed by atoms with Crippen LogP contribution in [0.5, 0.6) is 11.5 Å². The van der Waals surface area contributed by atoms with Gasteiger partial charge in [-0.1, -0.05) is 30.3 Å². The minimum atomic E-state index is -0.0802. The molecule has 8 heteroatoms. The Balaban J connectivity index is 1.37. The highest BCUT2D eigenvalue weighted by molar-refractivity contribution is 6.07. The minimum Gasteiger partial charge on any atom is -0.489 e. The summed E-state index contributed by atoms with van der Waals surface area (Å²) in [5.41, 5.74) is 4.66. The van der Waals surface area contributed by atoms with E-state index in [2.05, 4.69) is 34.3 Å². The van der Waals surface area contributed by atoms with Crippen molar-refractivity contribution in [1.29, 1.82) is 0 Å². The molecule has 1 aromatic heterocycles. The molecule has 1 aliphatic rings. The predicted molar refractivity (Wildman–Crippen MR) is 150 cm³/mol. The number of hydrogen-bond donors (Lipinski definition) is 1. The summed E-state index contributed by atoms with van der Waals surface area (Å²) in [6.45, 7) is 4.15. The molecule has 0 aliphatic carbocycles.